The summed E-state index contributed by atoms with van der Waals surface area (Å²) in [5, 5.41) is 0. The van der Waals surface area contributed by atoms with Crippen molar-refractivity contribution in [1.29, 1.82) is 0 Å². The Labute approximate surface area is 95.6 Å². The van der Waals surface area contributed by atoms with Crippen molar-refractivity contribution in [3.63, 3.8) is 0 Å². The van der Waals surface area contributed by atoms with Crippen LogP contribution in [0.4, 0.5) is 0 Å². The molecular formula is C13H16O3. The first-order chi connectivity index (χ1) is 7.74. The summed E-state index contributed by atoms with van der Waals surface area (Å²) in [6.45, 7) is 4.38. The monoisotopic (exact) mass is 220 g/mol. The molecule has 0 atom stereocenters. The molecule has 0 bridgehead atoms. The first-order valence-electron chi connectivity index (χ1n) is 5.26. The second-order valence-corrected chi connectivity index (χ2v) is 3.27. The van der Waals surface area contributed by atoms with Crippen molar-refractivity contribution < 1.29 is 14.6 Å². The molecule has 3 heteroatoms. The van der Waals surface area contributed by atoms with Gasteiger partial charge < -0.3 is 0 Å². The number of hydrogen-bond donors (Lipinski definition) is 0. The zero-order valence-corrected chi connectivity index (χ0v) is 9.60. The fraction of sp³-hybridized carbons (Fsp3) is 0.308. The molecule has 86 valence electrons. The molecule has 16 heavy (non-hydrogen) atoms. The quantitative estimate of drug-likeness (QED) is 0.320. The second-order valence-electron chi connectivity index (χ2n) is 3.27. The Morgan fingerprint density at radius 2 is 1.94 bits per heavy atom. The predicted octanol–water partition coefficient (Wildman–Crippen LogP) is 2.87. The minimum atomic E-state index is 0.0789. The molecule has 0 saturated carbocycles. The molecule has 1 aromatic carbocycles. The Hall–Kier alpha value is -1.45. The fourth-order valence-corrected chi connectivity index (χ4v) is 1.18. The average Bonchev–Trinajstić information content (AvgIpc) is 2.29. The molecule has 0 N–H and O–H groups in total. The fourth-order valence-electron chi connectivity index (χ4n) is 1.18. The van der Waals surface area contributed by atoms with Crippen LogP contribution in [0.2, 0.25) is 0 Å². The van der Waals surface area contributed by atoms with Gasteiger partial charge in [-0.1, -0.05) is 36.4 Å². The molecule has 1 rings (SSSR count). The van der Waals surface area contributed by atoms with E-state index in [9.17, 15) is 4.79 Å². The van der Waals surface area contributed by atoms with Crippen molar-refractivity contribution >= 4 is 11.9 Å². The summed E-state index contributed by atoms with van der Waals surface area (Å²) < 4.78 is 0. The van der Waals surface area contributed by atoms with Gasteiger partial charge in [0.2, 0.25) is 0 Å². The Bertz CT molecular complexity index is 352. The predicted molar refractivity (Wildman–Crippen MR) is 63.1 cm³/mol. The van der Waals surface area contributed by atoms with Crippen LogP contribution in [0.3, 0.4) is 0 Å². The van der Waals surface area contributed by atoms with Gasteiger partial charge in [-0.15, -0.1) is 0 Å². The molecule has 0 aliphatic heterocycles. The highest BCUT2D eigenvalue weighted by atomic mass is 17.2. The molecule has 0 fully saturated rings. The molecule has 0 radical (unpaired) electrons. The summed E-state index contributed by atoms with van der Waals surface area (Å²) in [6.07, 6.45) is 3.78. The van der Waals surface area contributed by atoms with Gasteiger partial charge in [-0.05, 0) is 19.4 Å². The van der Waals surface area contributed by atoms with E-state index in [4.69, 9.17) is 9.78 Å². The number of carbonyl (C=O) groups is 1. The lowest BCUT2D eigenvalue weighted by molar-refractivity contribution is -0.282. The summed E-state index contributed by atoms with van der Waals surface area (Å²) in [5.74, 6) is 0.0789. The lowest BCUT2D eigenvalue weighted by atomic mass is 10.1. The maximum absolute atomic E-state index is 11.0. The highest BCUT2D eigenvalue weighted by molar-refractivity contribution is 5.94. The lowest BCUT2D eigenvalue weighted by Crippen LogP contribution is -1.92. The topological polar surface area (TPSA) is 35.5 Å². The van der Waals surface area contributed by atoms with Crippen LogP contribution in [-0.4, -0.2) is 19.0 Å². The smallest absolute Gasteiger partial charge is 0.159 e. The third-order valence-electron chi connectivity index (χ3n) is 1.99. The Morgan fingerprint density at radius 3 is 2.50 bits per heavy atom. The molecule has 0 amide bonds. The van der Waals surface area contributed by atoms with Crippen LogP contribution in [0.1, 0.15) is 29.8 Å². The second kappa shape index (κ2) is 6.93. The first kappa shape index (κ1) is 12.6. The van der Waals surface area contributed by atoms with Gasteiger partial charge in [0.15, 0.2) is 5.78 Å². The number of benzene rings is 1. The summed E-state index contributed by atoms with van der Waals surface area (Å²) in [6, 6.07) is 7.42. The van der Waals surface area contributed by atoms with Crippen molar-refractivity contribution in [2.24, 2.45) is 0 Å². The minimum Gasteiger partial charge on any atom is -0.295 e. The molecule has 3 nitrogen and oxygen atoms in total. The molecule has 0 aliphatic rings. The number of hydrogen-bond acceptors (Lipinski definition) is 3. The van der Waals surface area contributed by atoms with E-state index in [1.807, 2.05) is 43.3 Å². The van der Waals surface area contributed by atoms with Crippen molar-refractivity contribution in [1.82, 2.24) is 0 Å². The molecule has 0 spiro atoms. The molecular weight excluding hydrogens is 204 g/mol. The van der Waals surface area contributed by atoms with E-state index < -0.39 is 0 Å². The first-order valence-corrected chi connectivity index (χ1v) is 5.26. The van der Waals surface area contributed by atoms with Crippen molar-refractivity contribution in [2.75, 3.05) is 13.2 Å². The zero-order chi connectivity index (χ0) is 11.8. The van der Waals surface area contributed by atoms with Gasteiger partial charge in [0.05, 0.1) is 6.61 Å². The Balaban J connectivity index is 2.45. The molecule has 0 aromatic heterocycles. The summed E-state index contributed by atoms with van der Waals surface area (Å²) in [4.78, 5) is 20.6. The van der Waals surface area contributed by atoms with Crippen LogP contribution in [0.25, 0.3) is 6.08 Å². The Morgan fingerprint density at radius 1 is 1.25 bits per heavy atom. The highest BCUT2D eigenvalue weighted by Gasteiger charge is 1.96. The number of rotatable bonds is 6. The van der Waals surface area contributed by atoms with Crippen LogP contribution in [-0.2, 0) is 9.78 Å². The summed E-state index contributed by atoms with van der Waals surface area (Å²) in [5.41, 5.74) is 1.76. The van der Waals surface area contributed by atoms with Gasteiger partial charge in [-0.2, -0.15) is 0 Å². The SMILES string of the molecule is CCOOC/C=C\c1ccc(C(C)=O)cc1. The molecule has 0 unspecified atom stereocenters. The van der Waals surface area contributed by atoms with E-state index in [0.717, 1.165) is 11.1 Å². The van der Waals surface area contributed by atoms with Gasteiger partial charge >= 0.3 is 0 Å². The van der Waals surface area contributed by atoms with Crippen molar-refractivity contribution in [3.05, 3.63) is 41.5 Å². The van der Waals surface area contributed by atoms with Crippen LogP contribution in [0.5, 0.6) is 0 Å². The molecule has 0 aliphatic carbocycles. The molecule has 0 heterocycles. The van der Waals surface area contributed by atoms with Crippen LogP contribution >= 0.6 is 0 Å². The number of Topliss-reactive ketones (excluding diaryl/α,β-unsaturated/α-hetero) is 1. The standard InChI is InChI=1S/C13H16O3/c1-3-15-16-10-4-5-12-6-8-13(9-7-12)11(2)14/h4-9H,3,10H2,1-2H3/b5-4-. The maximum Gasteiger partial charge on any atom is 0.159 e. The van der Waals surface area contributed by atoms with Gasteiger partial charge in [0.25, 0.3) is 0 Å². The largest absolute Gasteiger partial charge is 0.295 e. The van der Waals surface area contributed by atoms with E-state index in [1.165, 1.54) is 0 Å². The van der Waals surface area contributed by atoms with Crippen LogP contribution in [0, 0.1) is 0 Å². The van der Waals surface area contributed by atoms with E-state index >= 15 is 0 Å². The van der Waals surface area contributed by atoms with E-state index in [0.29, 0.717) is 13.2 Å². The third kappa shape index (κ3) is 4.38. The number of carbonyl (C=O) groups excluding carboxylic acids is 1. The van der Waals surface area contributed by atoms with Gasteiger partial charge in [-0.25, -0.2) is 9.78 Å². The molecule has 1 aromatic rings. The molecule has 0 saturated heterocycles. The van der Waals surface area contributed by atoms with E-state index in [1.54, 1.807) is 6.92 Å². The third-order valence-corrected chi connectivity index (χ3v) is 1.99. The van der Waals surface area contributed by atoms with Gasteiger partial charge in [0.1, 0.15) is 6.61 Å². The maximum atomic E-state index is 11.0. The van der Waals surface area contributed by atoms with E-state index in [2.05, 4.69) is 0 Å². The minimum absolute atomic E-state index is 0.0789. The normalized spacial score (nSPS) is 10.9. The highest BCUT2D eigenvalue weighted by Crippen LogP contribution is 2.06. The summed E-state index contributed by atoms with van der Waals surface area (Å²) in [7, 11) is 0. The van der Waals surface area contributed by atoms with Crippen molar-refractivity contribution in [2.45, 2.75) is 13.8 Å². The van der Waals surface area contributed by atoms with Crippen LogP contribution < -0.4 is 0 Å². The average molecular weight is 220 g/mol. The van der Waals surface area contributed by atoms with Crippen LogP contribution in [0.15, 0.2) is 30.3 Å². The van der Waals surface area contributed by atoms with Gasteiger partial charge in [-0.3, -0.25) is 4.79 Å². The lowest BCUT2D eigenvalue weighted by Gasteiger charge is -1.98. The number of ketones is 1. The van der Waals surface area contributed by atoms with Crippen molar-refractivity contribution in [3.8, 4) is 0 Å². The van der Waals surface area contributed by atoms with E-state index in [-0.39, 0.29) is 5.78 Å². The van der Waals surface area contributed by atoms with Gasteiger partial charge in [0, 0.05) is 5.56 Å². The zero-order valence-electron chi connectivity index (χ0n) is 9.60. The summed E-state index contributed by atoms with van der Waals surface area (Å²) >= 11 is 0. The Kier molecular flexibility index (Phi) is 5.46.